The molecular formula is C16H12N4O. The van der Waals surface area contributed by atoms with Crippen molar-refractivity contribution in [2.24, 2.45) is 0 Å². The molecule has 1 aliphatic heterocycles. The van der Waals surface area contributed by atoms with Gasteiger partial charge in [0.2, 0.25) is 5.91 Å². The molecule has 1 aromatic carbocycles. The zero-order valence-electron chi connectivity index (χ0n) is 11.1. The second-order valence-corrected chi connectivity index (χ2v) is 4.97. The van der Waals surface area contributed by atoms with Gasteiger partial charge < -0.3 is 10.3 Å². The van der Waals surface area contributed by atoms with E-state index in [1.54, 1.807) is 18.7 Å². The number of aromatic amines is 1. The van der Waals surface area contributed by atoms with Crippen molar-refractivity contribution in [1.29, 1.82) is 0 Å². The van der Waals surface area contributed by atoms with Crippen LogP contribution >= 0.6 is 0 Å². The van der Waals surface area contributed by atoms with E-state index in [1.165, 1.54) is 0 Å². The molecule has 1 aliphatic rings. The summed E-state index contributed by atoms with van der Waals surface area (Å²) in [6.07, 6.45) is 6.84. The molecule has 0 fully saturated rings. The second kappa shape index (κ2) is 4.56. The van der Waals surface area contributed by atoms with Gasteiger partial charge in [-0.2, -0.15) is 0 Å². The summed E-state index contributed by atoms with van der Waals surface area (Å²) in [5, 5.41) is 2.91. The second-order valence-electron chi connectivity index (χ2n) is 4.97. The Hall–Kier alpha value is -2.95. The molecule has 1 amide bonds. The van der Waals surface area contributed by atoms with E-state index in [4.69, 9.17) is 0 Å². The Kier molecular flexibility index (Phi) is 2.57. The summed E-state index contributed by atoms with van der Waals surface area (Å²) in [5.74, 6) is -0.364. The number of H-pyrrole nitrogens is 1. The summed E-state index contributed by atoms with van der Waals surface area (Å²) in [7, 11) is 0. The average molecular weight is 276 g/mol. The maximum absolute atomic E-state index is 12.2. The molecule has 5 heteroatoms. The molecule has 5 nitrogen and oxygen atoms in total. The molecule has 21 heavy (non-hydrogen) atoms. The first-order valence-electron chi connectivity index (χ1n) is 6.66. The van der Waals surface area contributed by atoms with Gasteiger partial charge in [0.1, 0.15) is 5.92 Å². The first kappa shape index (κ1) is 11.8. The van der Waals surface area contributed by atoms with Gasteiger partial charge in [0.15, 0.2) is 0 Å². The molecule has 102 valence electrons. The van der Waals surface area contributed by atoms with Crippen molar-refractivity contribution in [3.05, 3.63) is 66.5 Å². The number of nitrogens with one attached hydrogen (secondary N) is 2. The van der Waals surface area contributed by atoms with Crippen molar-refractivity contribution >= 4 is 11.6 Å². The van der Waals surface area contributed by atoms with E-state index in [1.807, 2.05) is 36.5 Å². The number of carbonyl (C=O) groups is 1. The minimum Gasteiger partial charge on any atom is -0.348 e. The van der Waals surface area contributed by atoms with Gasteiger partial charge in [-0.25, -0.2) is 4.98 Å². The fourth-order valence-corrected chi connectivity index (χ4v) is 2.71. The van der Waals surface area contributed by atoms with Crippen molar-refractivity contribution in [3.63, 3.8) is 0 Å². The van der Waals surface area contributed by atoms with Gasteiger partial charge in [0.05, 0.1) is 12.0 Å². The van der Waals surface area contributed by atoms with Crippen molar-refractivity contribution in [1.82, 2.24) is 15.0 Å². The molecule has 3 heterocycles. The van der Waals surface area contributed by atoms with E-state index in [2.05, 4.69) is 20.3 Å². The van der Waals surface area contributed by atoms with Crippen LogP contribution in [-0.4, -0.2) is 20.9 Å². The summed E-state index contributed by atoms with van der Waals surface area (Å²) in [5.41, 5.74) is 4.69. The van der Waals surface area contributed by atoms with E-state index < -0.39 is 0 Å². The lowest BCUT2D eigenvalue weighted by atomic mass is 9.94. The Morgan fingerprint density at radius 2 is 2.00 bits per heavy atom. The Morgan fingerprint density at radius 3 is 2.76 bits per heavy atom. The van der Waals surface area contributed by atoms with Crippen LogP contribution in [0.5, 0.6) is 0 Å². The van der Waals surface area contributed by atoms with Crippen molar-refractivity contribution in [3.8, 4) is 11.1 Å². The molecule has 0 aliphatic carbocycles. The van der Waals surface area contributed by atoms with E-state index in [9.17, 15) is 4.79 Å². The molecule has 0 spiro atoms. The predicted octanol–water partition coefficient (Wildman–Crippen LogP) is 2.56. The van der Waals surface area contributed by atoms with Crippen molar-refractivity contribution in [2.45, 2.75) is 5.92 Å². The topological polar surface area (TPSA) is 70.7 Å². The molecule has 2 N–H and O–H groups in total. The third-order valence-electron chi connectivity index (χ3n) is 3.71. The molecule has 1 unspecified atom stereocenters. The van der Waals surface area contributed by atoms with Crippen LogP contribution in [0.3, 0.4) is 0 Å². The Morgan fingerprint density at radius 1 is 1.05 bits per heavy atom. The number of hydrogen-bond donors (Lipinski definition) is 2. The predicted molar refractivity (Wildman–Crippen MR) is 78.7 cm³/mol. The molecule has 2 aromatic heterocycles. The van der Waals surface area contributed by atoms with Crippen LogP contribution in [0, 0.1) is 0 Å². The lowest BCUT2D eigenvalue weighted by molar-refractivity contribution is -0.116. The fraction of sp³-hybridized carbons (Fsp3) is 0.0625. The number of fused-ring (bicyclic) bond motifs is 1. The molecule has 0 saturated heterocycles. The highest BCUT2D eigenvalue weighted by molar-refractivity contribution is 6.05. The summed E-state index contributed by atoms with van der Waals surface area (Å²) in [4.78, 5) is 23.4. The van der Waals surface area contributed by atoms with Crippen LogP contribution < -0.4 is 5.32 Å². The number of amides is 1. The first-order valence-corrected chi connectivity index (χ1v) is 6.66. The minimum absolute atomic E-state index is 0.0300. The minimum atomic E-state index is -0.334. The first-order chi connectivity index (χ1) is 10.3. The molecule has 3 aromatic rings. The van der Waals surface area contributed by atoms with Gasteiger partial charge in [-0.3, -0.25) is 9.78 Å². The Bertz CT molecular complexity index is 796. The number of carbonyl (C=O) groups excluding carboxylic acids is 1. The fourth-order valence-electron chi connectivity index (χ4n) is 2.71. The smallest absolute Gasteiger partial charge is 0.238 e. The SMILES string of the molecule is O=C1Nc2ccc(-c3cccnc3)cc2C1c1cnc[nH]1. The maximum Gasteiger partial charge on any atom is 0.238 e. The summed E-state index contributed by atoms with van der Waals surface area (Å²) in [6, 6.07) is 9.87. The largest absolute Gasteiger partial charge is 0.348 e. The van der Waals surface area contributed by atoms with Gasteiger partial charge >= 0.3 is 0 Å². The summed E-state index contributed by atoms with van der Waals surface area (Å²) >= 11 is 0. The number of pyridine rings is 1. The van der Waals surface area contributed by atoms with Crippen molar-refractivity contribution < 1.29 is 4.79 Å². The molecule has 0 radical (unpaired) electrons. The Labute approximate surface area is 121 Å². The van der Waals surface area contributed by atoms with Gasteiger partial charge in [-0.1, -0.05) is 12.1 Å². The highest BCUT2D eigenvalue weighted by Gasteiger charge is 2.33. The Balaban J connectivity index is 1.83. The van der Waals surface area contributed by atoms with Crippen LogP contribution in [0.15, 0.2) is 55.2 Å². The monoisotopic (exact) mass is 276 g/mol. The zero-order valence-corrected chi connectivity index (χ0v) is 11.1. The lowest BCUT2D eigenvalue weighted by Crippen LogP contribution is -2.13. The highest BCUT2D eigenvalue weighted by Crippen LogP contribution is 2.38. The quantitative estimate of drug-likeness (QED) is 0.755. The number of aromatic nitrogens is 3. The van der Waals surface area contributed by atoms with Gasteiger partial charge in [0.25, 0.3) is 0 Å². The standard InChI is InChI=1S/C16H12N4O/c21-16-15(14-8-18-9-19-14)12-6-10(3-4-13(12)20-16)11-2-1-5-17-7-11/h1-9,15H,(H,18,19)(H,20,21). The van der Waals surface area contributed by atoms with Crippen LogP contribution in [0.4, 0.5) is 5.69 Å². The highest BCUT2D eigenvalue weighted by atomic mass is 16.2. The normalized spacial score (nSPS) is 16.6. The third kappa shape index (κ3) is 1.90. The number of anilines is 1. The number of rotatable bonds is 2. The van der Waals surface area contributed by atoms with Gasteiger partial charge in [0, 0.05) is 24.3 Å². The molecule has 4 rings (SSSR count). The summed E-state index contributed by atoms with van der Waals surface area (Å²) in [6.45, 7) is 0. The van der Waals surface area contributed by atoms with Crippen LogP contribution in [-0.2, 0) is 4.79 Å². The van der Waals surface area contributed by atoms with Crippen LogP contribution in [0.2, 0.25) is 0 Å². The van der Waals surface area contributed by atoms with E-state index >= 15 is 0 Å². The molecule has 1 atom stereocenters. The number of hydrogen-bond acceptors (Lipinski definition) is 3. The van der Waals surface area contributed by atoms with Gasteiger partial charge in [-0.05, 0) is 34.9 Å². The van der Waals surface area contributed by atoms with E-state index in [0.29, 0.717) is 0 Å². The average Bonchev–Trinajstić information content (AvgIpc) is 3.13. The van der Waals surface area contributed by atoms with Crippen LogP contribution in [0.25, 0.3) is 11.1 Å². The molecule has 0 bridgehead atoms. The summed E-state index contributed by atoms with van der Waals surface area (Å²) < 4.78 is 0. The maximum atomic E-state index is 12.2. The van der Waals surface area contributed by atoms with Crippen LogP contribution in [0.1, 0.15) is 17.2 Å². The number of nitrogens with zero attached hydrogens (tertiary/aromatic N) is 2. The van der Waals surface area contributed by atoms with E-state index in [-0.39, 0.29) is 11.8 Å². The number of imidazole rings is 1. The zero-order chi connectivity index (χ0) is 14.2. The molecular weight excluding hydrogens is 264 g/mol. The van der Waals surface area contributed by atoms with Crippen molar-refractivity contribution in [2.75, 3.05) is 5.32 Å². The number of benzene rings is 1. The van der Waals surface area contributed by atoms with Gasteiger partial charge in [-0.15, -0.1) is 0 Å². The molecule has 0 saturated carbocycles. The third-order valence-corrected chi connectivity index (χ3v) is 3.71. The lowest BCUT2D eigenvalue weighted by Gasteiger charge is -2.08. The van der Waals surface area contributed by atoms with E-state index in [0.717, 1.165) is 28.1 Å².